The molecule has 0 radical (unpaired) electrons. The van der Waals surface area contributed by atoms with Crippen molar-refractivity contribution in [2.75, 3.05) is 18.5 Å². The van der Waals surface area contributed by atoms with Gasteiger partial charge in [-0.3, -0.25) is 4.79 Å². The maximum absolute atomic E-state index is 11.8. The average Bonchev–Trinajstić information content (AvgIpc) is 2.37. The van der Waals surface area contributed by atoms with E-state index in [0.717, 1.165) is 23.9 Å². The molecule has 0 saturated carbocycles. The van der Waals surface area contributed by atoms with Crippen LogP contribution >= 0.6 is 15.9 Å². The molecule has 0 aliphatic rings. The Morgan fingerprint density at radius 2 is 2.29 bits per heavy atom. The van der Waals surface area contributed by atoms with Gasteiger partial charge in [-0.05, 0) is 31.0 Å². The zero-order valence-electron chi connectivity index (χ0n) is 10.0. The highest BCUT2D eigenvalue weighted by Gasteiger charge is 2.05. The molecular formula is C13H18BrNO2. The predicted molar refractivity (Wildman–Crippen MR) is 73.0 cm³/mol. The SMILES string of the molecule is CCCOc1cccc(C(=O)NCCCBr)c1. The standard InChI is InChI=1S/C13H18BrNO2/c1-2-9-17-12-6-3-5-11(10-12)13(16)15-8-4-7-14/h3,5-6,10H,2,4,7-9H2,1H3,(H,15,16). The fourth-order valence-electron chi connectivity index (χ4n) is 1.32. The van der Waals surface area contributed by atoms with Gasteiger partial charge in [0.2, 0.25) is 0 Å². The molecule has 0 aromatic heterocycles. The van der Waals surface area contributed by atoms with E-state index in [2.05, 4.69) is 28.2 Å². The minimum Gasteiger partial charge on any atom is -0.494 e. The molecule has 0 heterocycles. The zero-order valence-corrected chi connectivity index (χ0v) is 11.6. The molecule has 1 N–H and O–H groups in total. The third-order valence-electron chi connectivity index (χ3n) is 2.17. The van der Waals surface area contributed by atoms with Crippen LogP contribution in [0.15, 0.2) is 24.3 Å². The maximum Gasteiger partial charge on any atom is 0.251 e. The van der Waals surface area contributed by atoms with Crippen molar-refractivity contribution < 1.29 is 9.53 Å². The van der Waals surface area contributed by atoms with Crippen LogP contribution in [0.5, 0.6) is 5.75 Å². The quantitative estimate of drug-likeness (QED) is 0.621. The molecule has 1 aromatic rings. The first kappa shape index (κ1) is 14.0. The molecule has 17 heavy (non-hydrogen) atoms. The predicted octanol–water partition coefficient (Wildman–Crippen LogP) is 2.99. The Hall–Kier alpha value is -1.03. The Bertz CT molecular complexity index is 355. The summed E-state index contributed by atoms with van der Waals surface area (Å²) in [6, 6.07) is 7.27. The average molecular weight is 300 g/mol. The fraction of sp³-hybridized carbons (Fsp3) is 0.462. The van der Waals surface area contributed by atoms with E-state index in [0.29, 0.717) is 18.7 Å². The molecule has 0 fully saturated rings. The van der Waals surface area contributed by atoms with Crippen molar-refractivity contribution in [3.8, 4) is 5.75 Å². The van der Waals surface area contributed by atoms with Gasteiger partial charge in [-0.1, -0.05) is 28.9 Å². The molecule has 1 rings (SSSR count). The van der Waals surface area contributed by atoms with Crippen LogP contribution in [0.2, 0.25) is 0 Å². The van der Waals surface area contributed by atoms with Crippen LogP contribution in [-0.4, -0.2) is 24.4 Å². The molecule has 0 saturated heterocycles. The Balaban J connectivity index is 2.54. The third kappa shape index (κ3) is 5.22. The molecule has 0 spiro atoms. The van der Waals surface area contributed by atoms with Crippen molar-refractivity contribution in [3.63, 3.8) is 0 Å². The number of carbonyl (C=O) groups is 1. The molecule has 0 bridgehead atoms. The smallest absolute Gasteiger partial charge is 0.251 e. The highest BCUT2D eigenvalue weighted by molar-refractivity contribution is 9.09. The van der Waals surface area contributed by atoms with E-state index >= 15 is 0 Å². The first-order valence-corrected chi connectivity index (χ1v) is 6.97. The molecule has 1 amide bonds. The lowest BCUT2D eigenvalue weighted by Gasteiger charge is -2.07. The first-order valence-electron chi connectivity index (χ1n) is 5.85. The summed E-state index contributed by atoms with van der Waals surface area (Å²) in [5, 5.41) is 3.75. The van der Waals surface area contributed by atoms with E-state index in [1.54, 1.807) is 12.1 Å². The van der Waals surface area contributed by atoms with Gasteiger partial charge in [0.05, 0.1) is 6.61 Å². The number of benzene rings is 1. The van der Waals surface area contributed by atoms with Crippen LogP contribution in [0.4, 0.5) is 0 Å². The van der Waals surface area contributed by atoms with Crippen LogP contribution in [-0.2, 0) is 0 Å². The molecule has 1 aromatic carbocycles. The number of amides is 1. The highest BCUT2D eigenvalue weighted by Crippen LogP contribution is 2.13. The molecule has 3 nitrogen and oxygen atoms in total. The third-order valence-corrected chi connectivity index (χ3v) is 2.73. The van der Waals surface area contributed by atoms with E-state index in [4.69, 9.17) is 4.74 Å². The van der Waals surface area contributed by atoms with Crippen LogP contribution in [0.3, 0.4) is 0 Å². The van der Waals surface area contributed by atoms with Gasteiger partial charge >= 0.3 is 0 Å². The molecule has 94 valence electrons. The normalized spacial score (nSPS) is 10.0. The second-order valence-corrected chi connectivity index (χ2v) is 4.47. The van der Waals surface area contributed by atoms with Crippen molar-refractivity contribution in [2.45, 2.75) is 19.8 Å². The fourth-order valence-corrected chi connectivity index (χ4v) is 1.60. The summed E-state index contributed by atoms with van der Waals surface area (Å²) in [5.41, 5.74) is 0.646. The molecule has 0 atom stereocenters. The summed E-state index contributed by atoms with van der Waals surface area (Å²) in [4.78, 5) is 11.8. The summed E-state index contributed by atoms with van der Waals surface area (Å²) in [5.74, 6) is 0.702. The molecule has 0 aliphatic heterocycles. The molecule has 0 aliphatic carbocycles. The number of alkyl halides is 1. The minimum absolute atomic E-state index is 0.0482. The Labute approximate surface area is 111 Å². The summed E-state index contributed by atoms with van der Waals surface area (Å²) in [6.45, 7) is 3.41. The summed E-state index contributed by atoms with van der Waals surface area (Å²) >= 11 is 3.32. The van der Waals surface area contributed by atoms with Crippen molar-refractivity contribution in [1.82, 2.24) is 5.32 Å². The van der Waals surface area contributed by atoms with Crippen LogP contribution < -0.4 is 10.1 Å². The topological polar surface area (TPSA) is 38.3 Å². The zero-order chi connectivity index (χ0) is 12.5. The van der Waals surface area contributed by atoms with E-state index < -0.39 is 0 Å². The van der Waals surface area contributed by atoms with Gasteiger partial charge in [0, 0.05) is 17.4 Å². The molecular weight excluding hydrogens is 282 g/mol. The maximum atomic E-state index is 11.8. The van der Waals surface area contributed by atoms with Gasteiger partial charge in [0.25, 0.3) is 5.91 Å². The summed E-state index contributed by atoms with van der Waals surface area (Å²) in [6.07, 6.45) is 1.89. The van der Waals surface area contributed by atoms with Gasteiger partial charge in [-0.2, -0.15) is 0 Å². The van der Waals surface area contributed by atoms with Gasteiger partial charge in [0.15, 0.2) is 0 Å². The largest absolute Gasteiger partial charge is 0.494 e. The number of rotatable bonds is 7. The van der Waals surface area contributed by atoms with Crippen molar-refractivity contribution in [2.24, 2.45) is 0 Å². The lowest BCUT2D eigenvalue weighted by Crippen LogP contribution is -2.24. The van der Waals surface area contributed by atoms with Crippen molar-refractivity contribution in [3.05, 3.63) is 29.8 Å². The number of hydrogen-bond acceptors (Lipinski definition) is 2. The number of hydrogen-bond donors (Lipinski definition) is 1. The summed E-state index contributed by atoms with van der Waals surface area (Å²) in [7, 11) is 0. The number of nitrogens with one attached hydrogen (secondary N) is 1. The van der Waals surface area contributed by atoms with E-state index in [-0.39, 0.29) is 5.91 Å². The van der Waals surface area contributed by atoms with E-state index in [1.807, 2.05) is 12.1 Å². The van der Waals surface area contributed by atoms with Gasteiger partial charge in [-0.15, -0.1) is 0 Å². The van der Waals surface area contributed by atoms with Crippen molar-refractivity contribution >= 4 is 21.8 Å². The Morgan fingerprint density at radius 3 is 3.00 bits per heavy atom. The number of carbonyl (C=O) groups excluding carboxylic acids is 1. The van der Waals surface area contributed by atoms with Gasteiger partial charge < -0.3 is 10.1 Å². The number of halogens is 1. The van der Waals surface area contributed by atoms with Gasteiger partial charge in [0.1, 0.15) is 5.75 Å². The van der Waals surface area contributed by atoms with E-state index in [1.165, 1.54) is 0 Å². The molecule has 4 heteroatoms. The summed E-state index contributed by atoms with van der Waals surface area (Å²) < 4.78 is 5.48. The Kier molecular flexibility index (Phi) is 6.70. The highest BCUT2D eigenvalue weighted by atomic mass is 79.9. The van der Waals surface area contributed by atoms with E-state index in [9.17, 15) is 4.79 Å². The molecule has 0 unspecified atom stereocenters. The van der Waals surface area contributed by atoms with Crippen molar-refractivity contribution in [1.29, 1.82) is 0 Å². The van der Waals surface area contributed by atoms with Crippen LogP contribution in [0.1, 0.15) is 30.1 Å². The lowest BCUT2D eigenvalue weighted by atomic mass is 10.2. The van der Waals surface area contributed by atoms with Crippen LogP contribution in [0, 0.1) is 0 Å². The minimum atomic E-state index is -0.0482. The second-order valence-electron chi connectivity index (χ2n) is 3.67. The van der Waals surface area contributed by atoms with Crippen LogP contribution in [0.25, 0.3) is 0 Å². The Morgan fingerprint density at radius 1 is 1.47 bits per heavy atom. The number of ether oxygens (including phenoxy) is 1. The van der Waals surface area contributed by atoms with Gasteiger partial charge in [-0.25, -0.2) is 0 Å². The second kappa shape index (κ2) is 8.12. The lowest BCUT2D eigenvalue weighted by molar-refractivity contribution is 0.0953. The monoisotopic (exact) mass is 299 g/mol. The first-order chi connectivity index (χ1) is 8.27.